The molecule has 2 fully saturated rings. The number of ether oxygens (including phenoxy) is 1. The molecule has 2 heterocycles. The summed E-state index contributed by atoms with van der Waals surface area (Å²) in [5.41, 5.74) is 3.59. The molecule has 0 bridgehead atoms. The summed E-state index contributed by atoms with van der Waals surface area (Å²) in [5, 5.41) is 2.69. The number of nitrogens with two attached hydrogens (primary N) is 1. The molecule has 206 valence electrons. The monoisotopic (exact) mass is 550 g/mol. The quantitative estimate of drug-likeness (QED) is 0.478. The summed E-state index contributed by atoms with van der Waals surface area (Å²) in [6, 6.07) is 3.71. The predicted octanol–water partition coefficient (Wildman–Crippen LogP) is 1.48. The van der Waals surface area contributed by atoms with Crippen LogP contribution in [-0.2, 0) is 29.1 Å². The van der Waals surface area contributed by atoms with Crippen LogP contribution in [0.5, 0.6) is 0 Å². The first-order chi connectivity index (χ1) is 18.0. The van der Waals surface area contributed by atoms with Gasteiger partial charge < -0.3 is 20.7 Å². The van der Waals surface area contributed by atoms with E-state index in [4.69, 9.17) is 10.5 Å². The zero-order chi connectivity index (χ0) is 27.5. The Kier molecular flexibility index (Phi) is 8.05. The van der Waals surface area contributed by atoms with E-state index in [9.17, 15) is 32.0 Å². The molecule has 0 spiro atoms. The maximum absolute atomic E-state index is 14.2. The molecule has 4 unspecified atom stereocenters. The maximum Gasteiger partial charge on any atom is 0.405 e. The van der Waals surface area contributed by atoms with Crippen LogP contribution in [0.15, 0.2) is 41.3 Å². The molecule has 4 amide bonds. The number of hydrogen-bond donors (Lipinski definition) is 3. The Balaban J connectivity index is 1.60. The van der Waals surface area contributed by atoms with Crippen molar-refractivity contribution in [1.82, 2.24) is 14.9 Å². The van der Waals surface area contributed by atoms with Gasteiger partial charge in [-0.25, -0.2) is 22.3 Å². The van der Waals surface area contributed by atoms with Crippen molar-refractivity contribution in [3.63, 3.8) is 0 Å². The average molecular weight is 551 g/mol. The van der Waals surface area contributed by atoms with Crippen molar-refractivity contribution in [2.75, 3.05) is 6.54 Å². The van der Waals surface area contributed by atoms with Crippen molar-refractivity contribution in [2.24, 2.45) is 11.7 Å². The van der Waals surface area contributed by atoms with E-state index in [1.54, 1.807) is 6.08 Å². The first-order valence-corrected chi connectivity index (χ1v) is 14.1. The van der Waals surface area contributed by atoms with E-state index in [2.05, 4.69) is 5.32 Å². The number of amides is 4. The zero-order valence-corrected chi connectivity index (χ0v) is 21.5. The number of benzene rings is 1. The number of hydrogen-bond acceptors (Lipinski definition) is 7. The largest absolute Gasteiger partial charge is 0.436 e. The normalized spacial score (nSPS) is 28.2. The molecule has 1 aromatic carbocycles. The van der Waals surface area contributed by atoms with Gasteiger partial charge in [0.05, 0.1) is 0 Å². The number of nitrogens with zero attached hydrogens (tertiary/aromatic N) is 1. The van der Waals surface area contributed by atoms with Gasteiger partial charge in [-0.15, -0.1) is 0 Å². The highest BCUT2D eigenvalue weighted by Gasteiger charge is 2.61. The fourth-order valence-electron chi connectivity index (χ4n) is 5.11. The molecule has 4 N–H and O–H groups in total. The third-order valence-corrected chi connectivity index (χ3v) is 8.56. The van der Waals surface area contributed by atoms with Crippen LogP contribution in [0.2, 0.25) is 0 Å². The fraction of sp³-hybridized carbons (Fsp3) is 0.520. The van der Waals surface area contributed by atoms with Crippen molar-refractivity contribution in [3.05, 3.63) is 42.2 Å². The van der Waals surface area contributed by atoms with Crippen molar-refractivity contribution in [2.45, 2.75) is 73.9 Å². The topological polar surface area (TPSA) is 165 Å². The summed E-state index contributed by atoms with van der Waals surface area (Å²) in [7, 11) is -4.55. The minimum absolute atomic E-state index is 0.141. The first-order valence-electron chi connectivity index (χ1n) is 12.6. The van der Waals surface area contributed by atoms with Crippen molar-refractivity contribution >= 4 is 33.8 Å². The summed E-state index contributed by atoms with van der Waals surface area (Å²) in [6.07, 6.45) is 5.41. The predicted molar refractivity (Wildman–Crippen MR) is 132 cm³/mol. The molecule has 38 heavy (non-hydrogen) atoms. The zero-order valence-electron chi connectivity index (χ0n) is 20.7. The van der Waals surface area contributed by atoms with Crippen LogP contribution < -0.4 is 15.8 Å². The van der Waals surface area contributed by atoms with Crippen molar-refractivity contribution < 1.29 is 36.7 Å². The van der Waals surface area contributed by atoms with Gasteiger partial charge >= 0.3 is 6.09 Å². The third-order valence-electron chi connectivity index (χ3n) is 7.20. The highest BCUT2D eigenvalue weighted by Crippen LogP contribution is 2.45. The standard InChI is InChI=1S/C25H31FN4O7S/c26-17-10-6-7-13-20(17)38(35,36)29-23(33)25-15-16(25)9-4-2-1-3-5-12-19(37-24(27)34)22(32)30-14-8-11-18(30)21(31)28-25/h4,6-7,9-10,13,16,18-19H,1-3,5,8,11-12,14-15H2,(H2,27,34)(H,28,31)(H,29,33). The van der Waals surface area contributed by atoms with Crippen LogP contribution in [0.4, 0.5) is 9.18 Å². The minimum atomic E-state index is -4.55. The molecule has 1 saturated carbocycles. The van der Waals surface area contributed by atoms with Gasteiger partial charge in [0.25, 0.3) is 21.8 Å². The number of rotatable bonds is 4. The van der Waals surface area contributed by atoms with E-state index < -0.39 is 68.2 Å². The molecule has 1 aliphatic carbocycles. The number of carbonyl (C=O) groups is 4. The number of sulfonamides is 1. The molecule has 1 saturated heterocycles. The van der Waals surface area contributed by atoms with Crippen LogP contribution in [0, 0.1) is 11.7 Å². The first kappa shape index (κ1) is 27.6. The summed E-state index contributed by atoms with van der Waals surface area (Å²) in [4.78, 5) is 52.0. The van der Waals surface area contributed by atoms with Gasteiger partial charge in [0, 0.05) is 12.5 Å². The Bertz CT molecular complexity index is 1250. The van der Waals surface area contributed by atoms with E-state index in [1.807, 2.05) is 10.8 Å². The molecule has 11 nitrogen and oxygen atoms in total. The van der Waals surface area contributed by atoms with Crippen LogP contribution in [-0.4, -0.2) is 61.4 Å². The lowest BCUT2D eigenvalue weighted by molar-refractivity contribution is -0.146. The summed E-state index contributed by atoms with van der Waals surface area (Å²) < 4.78 is 46.7. The SMILES string of the molecule is NC(=O)OC1CCCCCC=CC2CC2(C(=O)NS(=O)(=O)c2ccccc2F)NC(=O)C2CCCN2C1=O. The number of halogens is 1. The van der Waals surface area contributed by atoms with Crippen LogP contribution >= 0.6 is 0 Å². The number of fused-ring (bicyclic) bond motifs is 2. The lowest BCUT2D eigenvalue weighted by Gasteiger charge is -2.29. The van der Waals surface area contributed by atoms with Gasteiger partial charge in [-0.3, -0.25) is 14.4 Å². The Hall–Kier alpha value is -3.48. The van der Waals surface area contributed by atoms with E-state index in [0.717, 1.165) is 25.0 Å². The smallest absolute Gasteiger partial charge is 0.405 e. The lowest BCUT2D eigenvalue weighted by Crippen LogP contribution is -2.57. The highest BCUT2D eigenvalue weighted by molar-refractivity contribution is 7.90. The van der Waals surface area contributed by atoms with Crippen molar-refractivity contribution in [3.8, 4) is 0 Å². The van der Waals surface area contributed by atoms with Gasteiger partial charge in [-0.2, -0.15) is 0 Å². The Labute approximate surface area is 220 Å². The summed E-state index contributed by atoms with van der Waals surface area (Å²) in [5.74, 6) is -3.65. The van der Waals surface area contributed by atoms with Gasteiger partial charge in [-0.1, -0.05) is 30.7 Å². The van der Waals surface area contributed by atoms with E-state index in [0.29, 0.717) is 25.7 Å². The van der Waals surface area contributed by atoms with Gasteiger partial charge in [0.2, 0.25) is 5.91 Å². The number of nitrogens with one attached hydrogen (secondary N) is 2. The van der Waals surface area contributed by atoms with Gasteiger partial charge in [-0.05, 0) is 57.1 Å². The second-order valence-electron chi connectivity index (χ2n) is 9.82. The third kappa shape index (κ3) is 5.82. The van der Waals surface area contributed by atoms with E-state index in [-0.39, 0.29) is 19.4 Å². The fourth-order valence-corrected chi connectivity index (χ4v) is 6.22. The molecule has 13 heteroatoms. The van der Waals surface area contributed by atoms with Gasteiger partial charge in [0.15, 0.2) is 6.10 Å². The van der Waals surface area contributed by atoms with Crippen LogP contribution in [0.1, 0.15) is 51.4 Å². The maximum atomic E-state index is 14.2. The highest BCUT2D eigenvalue weighted by atomic mass is 32.2. The Morgan fingerprint density at radius 2 is 1.89 bits per heavy atom. The number of carbonyl (C=O) groups excluding carboxylic acids is 4. The van der Waals surface area contributed by atoms with E-state index >= 15 is 0 Å². The molecule has 1 aromatic rings. The summed E-state index contributed by atoms with van der Waals surface area (Å²) in [6.45, 7) is 0.250. The van der Waals surface area contributed by atoms with Crippen LogP contribution in [0.25, 0.3) is 0 Å². The second-order valence-corrected chi connectivity index (χ2v) is 11.5. The molecule has 4 rings (SSSR count). The molecule has 4 atom stereocenters. The number of allylic oxidation sites excluding steroid dienone is 1. The molecule has 0 aromatic heterocycles. The lowest BCUT2D eigenvalue weighted by atomic mass is 10.1. The molecular formula is C25H31FN4O7S. The van der Waals surface area contributed by atoms with Gasteiger partial charge in [0.1, 0.15) is 22.3 Å². The molecule has 3 aliphatic rings. The molecular weight excluding hydrogens is 519 g/mol. The number of primary amides is 1. The van der Waals surface area contributed by atoms with E-state index in [1.165, 1.54) is 17.0 Å². The Morgan fingerprint density at radius 3 is 2.63 bits per heavy atom. The second kappa shape index (κ2) is 11.1. The average Bonchev–Trinajstić information content (AvgIpc) is 3.31. The van der Waals surface area contributed by atoms with Crippen molar-refractivity contribution in [1.29, 1.82) is 0 Å². The molecule has 2 aliphatic heterocycles. The molecule has 0 radical (unpaired) electrons. The Morgan fingerprint density at radius 1 is 1.13 bits per heavy atom. The minimum Gasteiger partial charge on any atom is -0.436 e. The van der Waals surface area contributed by atoms with Crippen LogP contribution in [0.3, 0.4) is 0 Å². The summed E-state index contributed by atoms with van der Waals surface area (Å²) >= 11 is 0.